The first-order chi connectivity index (χ1) is 4.81. The van der Waals surface area contributed by atoms with Crippen molar-refractivity contribution in [1.29, 1.82) is 0 Å². The Bertz CT molecular complexity index is 106. The number of hydrogen-bond acceptors (Lipinski definition) is 0. The SMILES string of the molecule is CP(C)(C)(Br)CCCCCBr. The third-order valence-electron chi connectivity index (χ3n) is 1.55. The Kier molecular flexibility index (Phi) is 5.16. The van der Waals surface area contributed by atoms with Gasteiger partial charge in [0.15, 0.2) is 0 Å². The van der Waals surface area contributed by atoms with Gasteiger partial charge in [-0.3, -0.25) is 0 Å². The van der Waals surface area contributed by atoms with Crippen LogP contribution in [0.2, 0.25) is 0 Å². The number of hydrogen-bond donors (Lipinski definition) is 0. The molecule has 0 saturated carbocycles. The first-order valence-corrected chi connectivity index (χ1v) is 11.0. The van der Waals surface area contributed by atoms with E-state index in [9.17, 15) is 0 Å². The Morgan fingerprint density at radius 3 is 1.91 bits per heavy atom. The Balaban J connectivity index is 3.40. The number of unbranched alkanes of at least 4 members (excludes halogenated alkanes) is 2. The summed E-state index contributed by atoms with van der Waals surface area (Å²) < 4.78 is 0. The standard InChI is InChI=1S/C8H19Br2P/c1-11(2,3,10)8-6-4-5-7-9/h4-8H2,1-3H3. The molecule has 0 atom stereocenters. The molecule has 0 heterocycles. The summed E-state index contributed by atoms with van der Waals surface area (Å²) in [6, 6.07) is 0. The number of halogens is 2. The van der Waals surface area contributed by atoms with E-state index in [4.69, 9.17) is 0 Å². The van der Waals surface area contributed by atoms with Crippen LogP contribution in [0, 0.1) is 0 Å². The summed E-state index contributed by atoms with van der Waals surface area (Å²) in [7, 11) is 0. The van der Waals surface area contributed by atoms with E-state index in [1.807, 2.05) is 0 Å². The van der Waals surface area contributed by atoms with Crippen molar-refractivity contribution in [2.75, 3.05) is 31.5 Å². The van der Waals surface area contributed by atoms with Gasteiger partial charge < -0.3 is 0 Å². The molecule has 0 unspecified atom stereocenters. The Morgan fingerprint density at radius 2 is 1.55 bits per heavy atom. The molecule has 3 heteroatoms. The second-order valence-electron chi connectivity index (χ2n) is 4.39. The third-order valence-corrected chi connectivity index (χ3v) is 5.00. The summed E-state index contributed by atoms with van der Waals surface area (Å²) in [5, 5.41) is -0.207. The van der Waals surface area contributed by atoms with Crippen LogP contribution < -0.4 is 0 Å². The molecule has 0 aromatic carbocycles. The van der Waals surface area contributed by atoms with E-state index in [1.54, 1.807) is 0 Å². The predicted molar refractivity (Wildman–Crippen MR) is 66.1 cm³/mol. The van der Waals surface area contributed by atoms with E-state index in [2.05, 4.69) is 51.4 Å². The second kappa shape index (κ2) is 4.58. The van der Waals surface area contributed by atoms with Gasteiger partial charge in [0.25, 0.3) is 0 Å². The molecule has 0 aromatic rings. The van der Waals surface area contributed by atoms with Gasteiger partial charge in [0, 0.05) is 0 Å². The second-order valence-corrected chi connectivity index (χ2v) is 19.4. The molecule has 0 amide bonds. The molecule has 0 saturated heterocycles. The van der Waals surface area contributed by atoms with E-state index in [1.165, 1.54) is 25.4 Å². The zero-order chi connectivity index (χ0) is 8.98. The first-order valence-electron chi connectivity index (χ1n) is 4.09. The van der Waals surface area contributed by atoms with Crippen molar-refractivity contribution in [2.24, 2.45) is 0 Å². The topological polar surface area (TPSA) is 0 Å². The van der Waals surface area contributed by atoms with Crippen molar-refractivity contribution in [3.63, 3.8) is 0 Å². The fraction of sp³-hybridized carbons (Fsp3) is 1.00. The molecule has 0 N–H and O–H groups in total. The summed E-state index contributed by atoms with van der Waals surface area (Å²) in [6.45, 7) is 7.12. The van der Waals surface area contributed by atoms with E-state index in [-0.39, 0.29) is 0 Å². The average molecular weight is 306 g/mol. The molecular formula is C8H19Br2P. The molecule has 0 aliphatic carbocycles. The fourth-order valence-corrected chi connectivity index (χ4v) is 3.36. The number of rotatable bonds is 5. The summed E-state index contributed by atoms with van der Waals surface area (Å²) in [6.07, 6.45) is 5.43. The molecule has 0 aromatic heterocycles. The quantitative estimate of drug-likeness (QED) is 0.403. The van der Waals surface area contributed by atoms with Gasteiger partial charge in [-0.25, -0.2) is 0 Å². The normalized spacial score (nSPS) is 15.9. The summed E-state index contributed by atoms with van der Waals surface area (Å²) in [4.78, 5) is 0. The maximum atomic E-state index is 3.85. The van der Waals surface area contributed by atoms with Crippen LogP contribution in [-0.2, 0) is 0 Å². The molecule has 0 rings (SSSR count). The van der Waals surface area contributed by atoms with Gasteiger partial charge >= 0.3 is 87.5 Å². The van der Waals surface area contributed by atoms with Crippen molar-refractivity contribution < 1.29 is 0 Å². The molecule has 0 aliphatic heterocycles. The maximum absolute atomic E-state index is 3.85. The molecule has 11 heavy (non-hydrogen) atoms. The molecular weight excluding hydrogens is 287 g/mol. The zero-order valence-electron chi connectivity index (χ0n) is 7.74. The molecule has 0 radical (unpaired) electrons. The van der Waals surface area contributed by atoms with Crippen LogP contribution in [0.3, 0.4) is 0 Å². The molecule has 0 fully saturated rings. The third kappa shape index (κ3) is 11.4. The van der Waals surface area contributed by atoms with Gasteiger partial charge in [-0.1, -0.05) is 0 Å². The van der Waals surface area contributed by atoms with Gasteiger partial charge in [-0.2, -0.15) is 0 Å². The Hall–Kier alpha value is 1.39. The zero-order valence-corrected chi connectivity index (χ0v) is 11.8. The van der Waals surface area contributed by atoms with Crippen LogP contribution in [-0.4, -0.2) is 31.5 Å². The molecule has 70 valence electrons. The average Bonchev–Trinajstić information content (AvgIpc) is 1.76. The van der Waals surface area contributed by atoms with Crippen LogP contribution in [0.1, 0.15) is 19.3 Å². The molecule has 0 bridgehead atoms. The van der Waals surface area contributed by atoms with Crippen molar-refractivity contribution in [3.8, 4) is 0 Å². The Labute approximate surface area is 87.3 Å². The minimum atomic E-state index is -1.36. The van der Waals surface area contributed by atoms with Gasteiger partial charge in [-0.15, -0.1) is 0 Å². The Morgan fingerprint density at radius 1 is 1.00 bits per heavy atom. The first kappa shape index (κ1) is 12.4. The van der Waals surface area contributed by atoms with Gasteiger partial charge in [-0.05, 0) is 0 Å². The summed E-state index contributed by atoms with van der Waals surface area (Å²) >= 11 is 7.30. The van der Waals surface area contributed by atoms with Gasteiger partial charge in [0.2, 0.25) is 0 Å². The number of alkyl halides is 1. The predicted octanol–water partition coefficient (Wildman–Crippen LogP) is 4.30. The van der Waals surface area contributed by atoms with Crippen molar-refractivity contribution in [3.05, 3.63) is 0 Å². The summed E-state index contributed by atoms with van der Waals surface area (Å²) in [5.41, 5.74) is 0. The van der Waals surface area contributed by atoms with E-state index in [0.29, 0.717) is 0 Å². The van der Waals surface area contributed by atoms with E-state index in [0.717, 1.165) is 5.33 Å². The molecule has 0 aliphatic rings. The van der Waals surface area contributed by atoms with Crippen LogP contribution in [0.4, 0.5) is 0 Å². The monoisotopic (exact) mass is 304 g/mol. The molecule has 0 spiro atoms. The van der Waals surface area contributed by atoms with Crippen molar-refractivity contribution >= 4 is 36.7 Å². The van der Waals surface area contributed by atoms with Crippen molar-refractivity contribution in [2.45, 2.75) is 19.3 Å². The van der Waals surface area contributed by atoms with Crippen LogP contribution in [0.5, 0.6) is 0 Å². The van der Waals surface area contributed by atoms with Crippen molar-refractivity contribution in [1.82, 2.24) is 0 Å². The van der Waals surface area contributed by atoms with E-state index < -0.39 is 5.31 Å². The van der Waals surface area contributed by atoms with Gasteiger partial charge in [0.05, 0.1) is 0 Å². The summed E-state index contributed by atoms with van der Waals surface area (Å²) in [5.74, 6) is 0. The fourth-order valence-electron chi connectivity index (χ4n) is 0.917. The van der Waals surface area contributed by atoms with E-state index >= 15 is 0 Å². The minimum absolute atomic E-state index is 1.16. The van der Waals surface area contributed by atoms with Crippen LogP contribution >= 0.6 is 36.7 Å². The van der Waals surface area contributed by atoms with Gasteiger partial charge in [0.1, 0.15) is 0 Å². The van der Waals surface area contributed by atoms with Crippen LogP contribution in [0.15, 0.2) is 0 Å². The van der Waals surface area contributed by atoms with Crippen LogP contribution in [0.25, 0.3) is 0 Å². The molecule has 0 nitrogen and oxygen atoms in total.